The molecule has 0 saturated carbocycles. The van der Waals surface area contributed by atoms with Gasteiger partial charge in [-0.3, -0.25) is 23.7 Å². The summed E-state index contributed by atoms with van der Waals surface area (Å²) in [6, 6.07) is 30.8. The highest BCUT2D eigenvalue weighted by Crippen LogP contribution is 2.44. The third-order valence-corrected chi connectivity index (χ3v) is 14.6. The summed E-state index contributed by atoms with van der Waals surface area (Å²) >= 11 is 0. The SMILES string of the molecule is COc1ccc2c(c1)CCCC(c1cncnc1)=C2c1ccc2[nH]c(C(Oc3ccc4c(c3)CCCC(c3cn[nH]c3)=C4c3ccc4[nH]c(CN5CC(CF)C5)cc4c3)N3CC(CF)C3)cc2c1. The topological polar surface area (TPSA) is 111 Å². The molecule has 2 saturated heterocycles. The molecule has 6 heterocycles. The van der Waals surface area contributed by atoms with Gasteiger partial charge in [-0.15, -0.1) is 0 Å². The molecule has 2 fully saturated rings. The molecule has 0 amide bonds. The Labute approximate surface area is 394 Å². The molecule has 2 aliphatic heterocycles. The van der Waals surface area contributed by atoms with Crippen molar-refractivity contribution in [3.63, 3.8) is 0 Å². The van der Waals surface area contributed by atoms with Crippen LogP contribution < -0.4 is 9.47 Å². The Morgan fingerprint density at radius 1 is 0.647 bits per heavy atom. The summed E-state index contributed by atoms with van der Waals surface area (Å²) in [5, 5.41) is 9.64. The fourth-order valence-electron chi connectivity index (χ4n) is 11.2. The summed E-state index contributed by atoms with van der Waals surface area (Å²) in [6.07, 6.45) is 14.5. The predicted octanol–water partition coefficient (Wildman–Crippen LogP) is 11.1. The van der Waals surface area contributed by atoms with Crippen molar-refractivity contribution in [1.82, 2.24) is 39.9 Å². The van der Waals surface area contributed by atoms with E-state index in [9.17, 15) is 8.78 Å². The number of aromatic nitrogens is 6. The lowest BCUT2D eigenvalue weighted by molar-refractivity contribution is -0.0583. The number of allylic oxidation sites excluding steroid dienone is 2. The van der Waals surface area contributed by atoms with Crippen LogP contribution >= 0.6 is 0 Å². The van der Waals surface area contributed by atoms with Gasteiger partial charge in [0.25, 0.3) is 0 Å². The molecular formula is C56H54F2N8O2. The van der Waals surface area contributed by atoms with E-state index in [0.717, 1.165) is 125 Å². The van der Waals surface area contributed by atoms with Crippen molar-refractivity contribution in [2.75, 3.05) is 46.6 Å². The summed E-state index contributed by atoms with van der Waals surface area (Å²) < 4.78 is 39.9. The lowest BCUT2D eigenvalue weighted by Gasteiger charge is -2.42. The number of H-pyrrole nitrogens is 3. The van der Waals surface area contributed by atoms with Crippen LogP contribution in [0, 0.1) is 11.8 Å². The van der Waals surface area contributed by atoms with Crippen molar-refractivity contribution in [3.05, 3.63) is 172 Å². The lowest BCUT2D eigenvalue weighted by Crippen LogP contribution is -2.50. The van der Waals surface area contributed by atoms with Crippen molar-refractivity contribution < 1.29 is 18.3 Å². The van der Waals surface area contributed by atoms with Crippen molar-refractivity contribution in [2.45, 2.75) is 51.3 Å². The molecule has 0 bridgehead atoms. The lowest BCUT2D eigenvalue weighted by atomic mass is 9.88. The smallest absolute Gasteiger partial charge is 0.193 e. The molecule has 10 nitrogen and oxygen atoms in total. The van der Waals surface area contributed by atoms with Crippen LogP contribution in [0.15, 0.2) is 116 Å². The Bertz CT molecular complexity index is 3200. The number of aromatic amines is 3. The van der Waals surface area contributed by atoms with E-state index in [0.29, 0.717) is 13.1 Å². The van der Waals surface area contributed by atoms with Crippen LogP contribution in [0.2, 0.25) is 0 Å². The molecule has 2 aliphatic carbocycles. The Balaban J connectivity index is 0.891. The van der Waals surface area contributed by atoms with E-state index >= 15 is 0 Å². The first kappa shape index (κ1) is 42.5. The summed E-state index contributed by atoms with van der Waals surface area (Å²) in [6.45, 7) is 3.03. The van der Waals surface area contributed by atoms with Gasteiger partial charge in [0.1, 0.15) is 17.8 Å². The highest BCUT2D eigenvalue weighted by atomic mass is 19.1. The number of nitrogens with zero attached hydrogens (tertiary/aromatic N) is 5. The van der Waals surface area contributed by atoms with Gasteiger partial charge in [-0.2, -0.15) is 5.10 Å². The third kappa shape index (κ3) is 7.98. The molecule has 4 aromatic carbocycles. The first-order chi connectivity index (χ1) is 33.5. The molecular weight excluding hydrogens is 855 g/mol. The fourth-order valence-corrected chi connectivity index (χ4v) is 11.2. The zero-order valence-electron chi connectivity index (χ0n) is 38.2. The van der Waals surface area contributed by atoms with Gasteiger partial charge in [-0.05, 0) is 155 Å². The van der Waals surface area contributed by atoms with E-state index in [1.165, 1.54) is 44.5 Å². The van der Waals surface area contributed by atoms with Crippen LogP contribution in [0.3, 0.4) is 0 Å². The maximum absolute atomic E-state index is 14.0. The average Bonchev–Trinajstić information content (AvgIpc) is 4.07. The molecule has 68 heavy (non-hydrogen) atoms. The molecule has 8 aromatic rings. The highest BCUT2D eigenvalue weighted by Gasteiger charge is 2.36. The molecule has 1 unspecified atom stereocenters. The third-order valence-electron chi connectivity index (χ3n) is 14.6. The van der Waals surface area contributed by atoms with Gasteiger partial charge in [0.15, 0.2) is 6.23 Å². The van der Waals surface area contributed by atoms with Gasteiger partial charge in [0, 0.05) is 102 Å². The maximum Gasteiger partial charge on any atom is 0.193 e. The largest absolute Gasteiger partial charge is 0.497 e. The number of hydrogen-bond donors (Lipinski definition) is 3. The minimum atomic E-state index is -0.444. The number of benzene rings is 4. The zero-order valence-corrected chi connectivity index (χ0v) is 38.2. The minimum absolute atomic E-state index is 0.0164. The number of halogens is 2. The molecule has 4 aromatic heterocycles. The Kier molecular flexibility index (Phi) is 11.2. The average molecular weight is 909 g/mol. The van der Waals surface area contributed by atoms with E-state index in [1.807, 2.05) is 30.9 Å². The van der Waals surface area contributed by atoms with Crippen molar-refractivity contribution in [2.24, 2.45) is 11.8 Å². The fraction of sp³-hybridized carbons (Fsp3) is 0.304. The molecule has 344 valence electrons. The number of ether oxygens (including phenoxy) is 2. The summed E-state index contributed by atoms with van der Waals surface area (Å²) in [4.78, 5) is 20.7. The molecule has 0 spiro atoms. The molecule has 1 atom stereocenters. The summed E-state index contributed by atoms with van der Waals surface area (Å²) in [5.74, 6) is 1.77. The van der Waals surface area contributed by atoms with Gasteiger partial charge in [-0.1, -0.05) is 24.3 Å². The van der Waals surface area contributed by atoms with Crippen LogP contribution in [-0.2, 0) is 19.4 Å². The van der Waals surface area contributed by atoms with E-state index in [-0.39, 0.29) is 25.2 Å². The van der Waals surface area contributed by atoms with Crippen LogP contribution in [0.4, 0.5) is 8.78 Å². The van der Waals surface area contributed by atoms with Crippen LogP contribution in [0.25, 0.3) is 44.1 Å². The number of rotatable bonds is 13. The number of hydrogen-bond acceptors (Lipinski definition) is 7. The van der Waals surface area contributed by atoms with Crippen LogP contribution in [0.5, 0.6) is 11.5 Å². The second kappa shape index (κ2) is 18.0. The molecule has 3 N–H and O–H groups in total. The number of likely N-dealkylation sites (tertiary alicyclic amines) is 2. The van der Waals surface area contributed by atoms with Gasteiger partial charge in [0.05, 0.1) is 32.3 Å². The number of aryl methyl sites for hydroxylation is 2. The molecule has 12 rings (SSSR count). The number of nitrogens with one attached hydrogen (secondary N) is 3. The number of fused-ring (bicyclic) bond motifs is 4. The Morgan fingerprint density at radius 2 is 1.28 bits per heavy atom. The van der Waals surface area contributed by atoms with E-state index in [2.05, 4.69) is 119 Å². The normalized spacial score (nSPS) is 17.7. The maximum atomic E-state index is 14.0. The predicted molar refractivity (Wildman–Crippen MR) is 264 cm³/mol. The Morgan fingerprint density at radius 3 is 1.94 bits per heavy atom. The van der Waals surface area contributed by atoms with Gasteiger partial charge in [0.2, 0.25) is 0 Å². The van der Waals surface area contributed by atoms with Gasteiger partial charge in [-0.25, -0.2) is 9.97 Å². The molecule has 0 radical (unpaired) electrons. The summed E-state index contributed by atoms with van der Waals surface area (Å²) in [5.41, 5.74) is 18.3. The first-order valence-corrected chi connectivity index (χ1v) is 24.0. The van der Waals surface area contributed by atoms with Crippen molar-refractivity contribution >= 4 is 44.1 Å². The van der Waals surface area contributed by atoms with Gasteiger partial charge >= 0.3 is 0 Å². The quantitative estimate of drug-likeness (QED) is 0.106. The second-order valence-electron chi connectivity index (χ2n) is 19.2. The molecule has 12 heteroatoms. The summed E-state index contributed by atoms with van der Waals surface area (Å²) in [7, 11) is 1.72. The van der Waals surface area contributed by atoms with Crippen LogP contribution in [0.1, 0.15) is 87.8 Å². The zero-order chi connectivity index (χ0) is 45.7. The minimum Gasteiger partial charge on any atom is -0.497 e. The second-order valence-corrected chi connectivity index (χ2v) is 19.2. The number of methoxy groups -OCH3 is 1. The van der Waals surface area contributed by atoms with Crippen LogP contribution in [-0.4, -0.2) is 86.6 Å². The van der Waals surface area contributed by atoms with Crippen molar-refractivity contribution in [1.29, 1.82) is 0 Å². The first-order valence-electron chi connectivity index (χ1n) is 24.0. The van der Waals surface area contributed by atoms with Gasteiger partial charge < -0.3 is 19.4 Å². The standard InChI is InChI=1S/C56H54F2N8O2/c1-67-45-10-12-49-36(19-45)4-2-6-47(42-24-59-33-60-25-42)54(49)39-9-15-52-41(17-39)21-53(64-52)56(66-30-35(23-58)31-66)68-46-11-13-50-37(20-46)5-3-7-48(43-26-61-62-27-43)55(50)38-8-14-51-40(16-38)18-44(63-51)32-65-28-34(22-57)29-65/h8-21,24-27,33-35,56,63-64H,2-7,22-23,28-32H2,1H3,(H,61,62). The highest BCUT2D eigenvalue weighted by molar-refractivity contribution is 6.03. The van der Waals surface area contributed by atoms with Crippen molar-refractivity contribution in [3.8, 4) is 11.5 Å². The Hall–Kier alpha value is -6.89. The van der Waals surface area contributed by atoms with E-state index in [1.54, 1.807) is 13.4 Å². The molecule has 4 aliphatic rings. The van der Waals surface area contributed by atoms with E-state index < -0.39 is 6.23 Å². The number of alkyl halides is 2. The monoisotopic (exact) mass is 908 g/mol. The van der Waals surface area contributed by atoms with E-state index in [4.69, 9.17) is 9.47 Å².